The Morgan fingerprint density at radius 1 is 1.15 bits per heavy atom. The van der Waals surface area contributed by atoms with Gasteiger partial charge in [-0.2, -0.15) is 0 Å². The first-order chi connectivity index (χ1) is 6.02. The van der Waals surface area contributed by atoms with E-state index in [1.807, 2.05) is 27.7 Å². The Hall–Kier alpha value is -1.12. The molecule has 1 aromatic rings. The fraction of sp³-hybridized carbons (Fsp3) is 0.600. The highest BCUT2D eigenvalue weighted by molar-refractivity contribution is 5.26. The van der Waals surface area contributed by atoms with E-state index >= 15 is 0 Å². The van der Waals surface area contributed by atoms with Crippen LogP contribution in [-0.2, 0) is 0 Å². The highest BCUT2D eigenvalue weighted by atomic mass is 16.3. The molecule has 0 aliphatic carbocycles. The van der Waals surface area contributed by atoms with Crippen LogP contribution in [0, 0.1) is 0 Å². The molecule has 0 bridgehead atoms. The molecule has 0 atom stereocenters. The van der Waals surface area contributed by atoms with Crippen molar-refractivity contribution in [1.82, 2.24) is 9.97 Å². The van der Waals surface area contributed by atoms with E-state index in [1.54, 1.807) is 0 Å². The van der Waals surface area contributed by atoms with Gasteiger partial charge in [0.25, 0.3) is 0 Å². The van der Waals surface area contributed by atoms with Crippen LogP contribution in [0.3, 0.4) is 0 Å². The van der Waals surface area contributed by atoms with Gasteiger partial charge in [0.1, 0.15) is 5.82 Å². The van der Waals surface area contributed by atoms with Crippen molar-refractivity contribution in [3.8, 4) is 5.75 Å². The third-order valence-corrected chi connectivity index (χ3v) is 1.88. The first-order valence-electron chi connectivity index (χ1n) is 4.58. The minimum Gasteiger partial charge on any atom is -0.504 e. The Morgan fingerprint density at radius 2 is 1.77 bits per heavy atom. The number of hydrogen-bond acceptors (Lipinski definition) is 3. The summed E-state index contributed by atoms with van der Waals surface area (Å²) in [5.74, 6) is 1.53. The summed E-state index contributed by atoms with van der Waals surface area (Å²) in [6.45, 7) is 8.09. The third kappa shape index (κ3) is 2.17. The van der Waals surface area contributed by atoms with Gasteiger partial charge in [-0.15, -0.1) is 0 Å². The highest BCUT2D eigenvalue weighted by Crippen LogP contribution is 2.23. The molecule has 0 aliphatic rings. The van der Waals surface area contributed by atoms with Crippen molar-refractivity contribution in [2.24, 2.45) is 0 Å². The van der Waals surface area contributed by atoms with E-state index in [9.17, 15) is 5.11 Å². The summed E-state index contributed by atoms with van der Waals surface area (Å²) in [5.41, 5.74) is 0.735. The van der Waals surface area contributed by atoms with Crippen molar-refractivity contribution < 1.29 is 5.11 Å². The summed E-state index contributed by atoms with van der Waals surface area (Å²) >= 11 is 0. The Kier molecular flexibility index (Phi) is 2.86. The lowest BCUT2D eigenvalue weighted by molar-refractivity contribution is 0.454. The minimum absolute atomic E-state index is 0.194. The van der Waals surface area contributed by atoms with E-state index < -0.39 is 0 Å². The van der Waals surface area contributed by atoms with Crippen LogP contribution < -0.4 is 0 Å². The summed E-state index contributed by atoms with van der Waals surface area (Å²) in [7, 11) is 0. The van der Waals surface area contributed by atoms with Gasteiger partial charge in [-0.1, -0.05) is 27.7 Å². The van der Waals surface area contributed by atoms with Gasteiger partial charge in [0.15, 0.2) is 5.75 Å². The van der Waals surface area contributed by atoms with E-state index in [4.69, 9.17) is 0 Å². The molecule has 0 aromatic carbocycles. The summed E-state index contributed by atoms with van der Waals surface area (Å²) < 4.78 is 0. The zero-order chi connectivity index (χ0) is 10.0. The van der Waals surface area contributed by atoms with Crippen LogP contribution in [-0.4, -0.2) is 15.1 Å². The predicted octanol–water partition coefficient (Wildman–Crippen LogP) is 2.43. The van der Waals surface area contributed by atoms with E-state index in [-0.39, 0.29) is 11.7 Å². The van der Waals surface area contributed by atoms with Gasteiger partial charge in [-0.05, 0) is 5.92 Å². The molecule has 1 aromatic heterocycles. The molecule has 72 valence electrons. The van der Waals surface area contributed by atoms with Gasteiger partial charge < -0.3 is 5.11 Å². The van der Waals surface area contributed by atoms with E-state index in [1.165, 1.54) is 6.20 Å². The first-order valence-corrected chi connectivity index (χ1v) is 4.58. The standard InChI is InChI=1S/C10H16N2O/c1-6(2)9-8(13)5-11-10(12-9)7(3)4/h5-7,13H,1-4H3. The number of aromatic hydroxyl groups is 1. The second-order valence-corrected chi connectivity index (χ2v) is 3.81. The van der Waals surface area contributed by atoms with Gasteiger partial charge in [0.05, 0.1) is 11.9 Å². The van der Waals surface area contributed by atoms with Crippen molar-refractivity contribution in [3.63, 3.8) is 0 Å². The molecule has 1 heterocycles. The molecule has 1 N–H and O–H groups in total. The molecule has 0 fully saturated rings. The number of nitrogens with zero attached hydrogens (tertiary/aromatic N) is 2. The lowest BCUT2D eigenvalue weighted by Gasteiger charge is -2.10. The van der Waals surface area contributed by atoms with Gasteiger partial charge in [-0.3, -0.25) is 0 Å². The van der Waals surface area contributed by atoms with E-state index in [2.05, 4.69) is 9.97 Å². The number of hydrogen-bond donors (Lipinski definition) is 1. The second kappa shape index (κ2) is 3.73. The minimum atomic E-state index is 0.194. The molecule has 1 rings (SSSR count). The average Bonchev–Trinajstić information content (AvgIpc) is 2.04. The number of aromatic nitrogens is 2. The van der Waals surface area contributed by atoms with Gasteiger partial charge >= 0.3 is 0 Å². The second-order valence-electron chi connectivity index (χ2n) is 3.81. The molecule has 0 aliphatic heterocycles. The summed E-state index contributed by atoms with van der Waals surface area (Å²) in [5, 5.41) is 9.46. The topological polar surface area (TPSA) is 46.0 Å². The van der Waals surface area contributed by atoms with Crippen LogP contribution in [0.5, 0.6) is 5.75 Å². The maximum absolute atomic E-state index is 9.46. The van der Waals surface area contributed by atoms with E-state index in [0.717, 1.165) is 11.5 Å². The predicted molar refractivity (Wildman–Crippen MR) is 51.9 cm³/mol. The first kappa shape index (κ1) is 9.96. The van der Waals surface area contributed by atoms with Crippen molar-refractivity contribution in [3.05, 3.63) is 17.7 Å². The van der Waals surface area contributed by atoms with Crippen LogP contribution in [0.15, 0.2) is 6.20 Å². The molecule has 3 heteroatoms. The summed E-state index contributed by atoms with van der Waals surface area (Å²) in [6.07, 6.45) is 1.48. The summed E-state index contributed by atoms with van der Waals surface area (Å²) in [6, 6.07) is 0. The smallest absolute Gasteiger partial charge is 0.155 e. The largest absolute Gasteiger partial charge is 0.504 e. The van der Waals surface area contributed by atoms with Crippen LogP contribution in [0.1, 0.15) is 51.0 Å². The third-order valence-electron chi connectivity index (χ3n) is 1.88. The molecule has 13 heavy (non-hydrogen) atoms. The van der Waals surface area contributed by atoms with Crippen molar-refractivity contribution in [2.45, 2.75) is 39.5 Å². The Balaban J connectivity index is 3.11. The normalized spacial score (nSPS) is 11.2. The van der Waals surface area contributed by atoms with Crippen LogP contribution in [0.25, 0.3) is 0 Å². The lowest BCUT2D eigenvalue weighted by atomic mass is 10.1. The zero-order valence-corrected chi connectivity index (χ0v) is 8.57. The average molecular weight is 180 g/mol. The van der Waals surface area contributed by atoms with Crippen LogP contribution >= 0.6 is 0 Å². The van der Waals surface area contributed by atoms with Crippen molar-refractivity contribution in [1.29, 1.82) is 0 Å². The van der Waals surface area contributed by atoms with Gasteiger partial charge in [0, 0.05) is 5.92 Å². The zero-order valence-electron chi connectivity index (χ0n) is 8.57. The van der Waals surface area contributed by atoms with Gasteiger partial charge in [-0.25, -0.2) is 9.97 Å². The molecule has 0 saturated carbocycles. The quantitative estimate of drug-likeness (QED) is 0.760. The molecule has 0 radical (unpaired) electrons. The highest BCUT2D eigenvalue weighted by Gasteiger charge is 2.11. The molecule has 3 nitrogen and oxygen atoms in total. The molecular formula is C10H16N2O. The molecule has 0 spiro atoms. The number of rotatable bonds is 2. The molecular weight excluding hydrogens is 164 g/mol. The Morgan fingerprint density at radius 3 is 2.23 bits per heavy atom. The Labute approximate surface area is 78.9 Å². The Bertz CT molecular complexity index is 295. The van der Waals surface area contributed by atoms with Crippen LogP contribution in [0.2, 0.25) is 0 Å². The SMILES string of the molecule is CC(C)c1ncc(O)c(C(C)C)n1. The summed E-state index contributed by atoms with van der Waals surface area (Å²) in [4.78, 5) is 8.37. The van der Waals surface area contributed by atoms with Gasteiger partial charge in [0.2, 0.25) is 0 Å². The fourth-order valence-electron chi connectivity index (χ4n) is 1.11. The van der Waals surface area contributed by atoms with Crippen molar-refractivity contribution in [2.75, 3.05) is 0 Å². The van der Waals surface area contributed by atoms with Crippen molar-refractivity contribution >= 4 is 0 Å². The lowest BCUT2D eigenvalue weighted by Crippen LogP contribution is -2.02. The van der Waals surface area contributed by atoms with E-state index in [0.29, 0.717) is 5.92 Å². The molecule has 0 amide bonds. The monoisotopic (exact) mass is 180 g/mol. The maximum Gasteiger partial charge on any atom is 0.155 e. The maximum atomic E-state index is 9.46. The fourth-order valence-corrected chi connectivity index (χ4v) is 1.11. The molecule has 0 saturated heterocycles. The molecule has 0 unspecified atom stereocenters. The van der Waals surface area contributed by atoms with Crippen LogP contribution in [0.4, 0.5) is 0 Å².